The van der Waals surface area contributed by atoms with Gasteiger partial charge in [0.15, 0.2) is 4.34 Å². The monoisotopic (exact) mass is 202 g/mol. The maximum Gasteiger partial charge on any atom is 0.230 e. The topological polar surface area (TPSA) is 56.0 Å². The van der Waals surface area contributed by atoms with Crippen molar-refractivity contribution in [2.24, 2.45) is 5.73 Å². The number of amides is 1. The molecule has 1 rings (SSSR count). The summed E-state index contributed by atoms with van der Waals surface area (Å²) in [7, 11) is 0. The van der Waals surface area contributed by atoms with Gasteiger partial charge in [-0.3, -0.25) is 4.79 Å². The molecule has 0 radical (unpaired) electrons. The highest BCUT2D eigenvalue weighted by molar-refractivity contribution is 8.02. The zero-order valence-electron chi connectivity index (χ0n) is 6.90. The highest BCUT2D eigenvalue weighted by Gasteiger charge is 2.11. The first-order valence-electron chi connectivity index (χ1n) is 3.47. The molecule has 3 nitrogen and oxygen atoms in total. The Hall–Kier alpha value is -0.550. The molecule has 12 heavy (non-hydrogen) atoms. The number of aryl methyl sites for hydroxylation is 1. The maximum absolute atomic E-state index is 10.7. The van der Waals surface area contributed by atoms with Crippen LogP contribution in [-0.4, -0.2) is 16.1 Å². The van der Waals surface area contributed by atoms with E-state index in [1.54, 1.807) is 6.92 Å². The van der Waals surface area contributed by atoms with E-state index in [1.807, 2.05) is 12.3 Å². The average molecular weight is 202 g/mol. The van der Waals surface area contributed by atoms with Gasteiger partial charge in [-0.1, -0.05) is 11.8 Å². The van der Waals surface area contributed by atoms with Gasteiger partial charge in [-0.25, -0.2) is 4.98 Å². The number of primary amides is 1. The molecule has 1 atom stereocenters. The molecule has 0 aliphatic carbocycles. The van der Waals surface area contributed by atoms with Gasteiger partial charge in [0.25, 0.3) is 0 Å². The minimum Gasteiger partial charge on any atom is -0.369 e. The van der Waals surface area contributed by atoms with Gasteiger partial charge in [-0.05, 0) is 13.8 Å². The largest absolute Gasteiger partial charge is 0.369 e. The number of hydrogen-bond donors (Lipinski definition) is 1. The molecule has 0 spiro atoms. The normalized spacial score (nSPS) is 12.8. The lowest BCUT2D eigenvalue weighted by atomic mass is 10.5. The number of thiazole rings is 1. The molecule has 0 aliphatic heterocycles. The van der Waals surface area contributed by atoms with Crippen molar-refractivity contribution in [3.05, 3.63) is 11.1 Å². The first-order chi connectivity index (χ1) is 5.59. The predicted molar refractivity (Wildman–Crippen MR) is 51.4 cm³/mol. The summed E-state index contributed by atoms with van der Waals surface area (Å²) in [5, 5.41) is 1.76. The van der Waals surface area contributed by atoms with Crippen LogP contribution < -0.4 is 5.73 Å². The van der Waals surface area contributed by atoms with Crippen LogP contribution in [0.2, 0.25) is 0 Å². The number of carbonyl (C=O) groups excluding carboxylic acids is 1. The standard InChI is InChI=1S/C7H10N2OS2/c1-4-3-11-7(9-4)12-5(2)6(8)10/h3,5H,1-2H3,(H2,8,10)/t5-/m1/s1. The summed E-state index contributed by atoms with van der Waals surface area (Å²) in [6.45, 7) is 3.71. The maximum atomic E-state index is 10.7. The fourth-order valence-corrected chi connectivity index (χ4v) is 2.53. The van der Waals surface area contributed by atoms with E-state index in [0.717, 1.165) is 10.0 Å². The Kier molecular flexibility index (Phi) is 3.11. The second-order valence-electron chi connectivity index (χ2n) is 2.42. The van der Waals surface area contributed by atoms with E-state index in [2.05, 4.69) is 4.98 Å². The smallest absolute Gasteiger partial charge is 0.230 e. The first-order valence-corrected chi connectivity index (χ1v) is 5.23. The fraction of sp³-hybridized carbons (Fsp3) is 0.429. The number of carbonyl (C=O) groups is 1. The third kappa shape index (κ3) is 2.49. The highest BCUT2D eigenvalue weighted by Crippen LogP contribution is 2.25. The molecule has 2 N–H and O–H groups in total. The van der Waals surface area contributed by atoms with Crippen LogP contribution in [0.3, 0.4) is 0 Å². The van der Waals surface area contributed by atoms with Crippen LogP contribution in [0.25, 0.3) is 0 Å². The van der Waals surface area contributed by atoms with E-state index in [1.165, 1.54) is 23.1 Å². The highest BCUT2D eigenvalue weighted by atomic mass is 32.2. The number of hydrogen-bond acceptors (Lipinski definition) is 4. The predicted octanol–water partition coefficient (Wildman–Crippen LogP) is 1.42. The number of thioether (sulfide) groups is 1. The molecule has 0 aromatic carbocycles. The molecule has 1 heterocycles. The van der Waals surface area contributed by atoms with Gasteiger partial charge in [0, 0.05) is 11.1 Å². The van der Waals surface area contributed by atoms with Crippen molar-refractivity contribution in [3.63, 3.8) is 0 Å². The van der Waals surface area contributed by atoms with E-state index in [0.29, 0.717) is 0 Å². The molecule has 1 amide bonds. The quantitative estimate of drug-likeness (QED) is 0.754. The van der Waals surface area contributed by atoms with Crippen molar-refractivity contribution in [2.75, 3.05) is 0 Å². The molecule has 5 heteroatoms. The number of nitrogens with zero attached hydrogens (tertiary/aromatic N) is 1. The Labute approximate surface area is 79.4 Å². The average Bonchev–Trinajstić information content (AvgIpc) is 2.35. The lowest BCUT2D eigenvalue weighted by Gasteiger charge is -2.01. The Balaban J connectivity index is 2.58. The van der Waals surface area contributed by atoms with Crippen LogP contribution in [0.5, 0.6) is 0 Å². The Morgan fingerprint density at radius 2 is 2.50 bits per heavy atom. The number of nitrogens with two attached hydrogens (primary N) is 1. The molecular weight excluding hydrogens is 192 g/mol. The molecule has 0 aliphatic rings. The SMILES string of the molecule is Cc1csc(S[C@H](C)C(N)=O)n1. The number of aromatic nitrogens is 1. The van der Waals surface area contributed by atoms with Gasteiger partial charge in [0.1, 0.15) is 0 Å². The summed E-state index contributed by atoms with van der Waals surface area (Å²) in [5.41, 5.74) is 6.09. The van der Waals surface area contributed by atoms with Gasteiger partial charge in [0.05, 0.1) is 5.25 Å². The molecule has 0 saturated carbocycles. The Bertz CT molecular complexity index is 285. The lowest BCUT2D eigenvalue weighted by molar-refractivity contribution is -0.117. The second kappa shape index (κ2) is 3.91. The van der Waals surface area contributed by atoms with Gasteiger partial charge < -0.3 is 5.73 Å². The summed E-state index contributed by atoms with van der Waals surface area (Å²) in [4.78, 5) is 14.9. The minimum absolute atomic E-state index is 0.199. The second-order valence-corrected chi connectivity index (χ2v) is 4.86. The fourth-order valence-electron chi connectivity index (χ4n) is 0.596. The van der Waals surface area contributed by atoms with E-state index in [-0.39, 0.29) is 11.2 Å². The Morgan fingerprint density at radius 3 is 2.92 bits per heavy atom. The van der Waals surface area contributed by atoms with Crippen molar-refractivity contribution in [2.45, 2.75) is 23.4 Å². The van der Waals surface area contributed by atoms with Crippen LogP contribution in [0, 0.1) is 6.92 Å². The van der Waals surface area contributed by atoms with Crippen LogP contribution in [0.4, 0.5) is 0 Å². The molecule has 0 unspecified atom stereocenters. The summed E-state index contributed by atoms with van der Waals surface area (Å²) < 4.78 is 0.902. The molecule has 1 aromatic heterocycles. The lowest BCUT2D eigenvalue weighted by Crippen LogP contribution is -2.22. The van der Waals surface area contributed by atoms with Crippen LogP contribution >= 0.6 is 23.1 Å². The van der Waals surface area contributed by atoms with Crippen molar-refractivity contribution in [1.82, 2.24) is 4.98 Å². The van der Waals surface area contributed by atoms with E-state index < -0.39 is 0 Å². The van der Waals surface area contributed by atoms with Crippen molar-refractivity contribution in [1.29, 1.82) is 0 Å². The molecule has 66 valence electrons. The van der Waals surface area contributed by atoms with Gasteiger partial charge >= 0.3 is 0 Å². The van der Waals surface area contributed by atoms with Crippen molar-refractivity contribution < 1.29 is 4.79 Å². The van der Waals surface area contributed by atoms with Gasteiger partial charge in [0.2, 0.25) is 5.91 Å². The summed E-state index contributed by atoms with van der Waals surface area (Å²) >= 11 is 2.94. The molecule has 0 fully saturated rings. The number of rotatable bonds is 3. The van der Waals surface area contributed by atoms with E-state index in [4.69, 9.17) is 5.73 Å². The van der Waals surface area contributed by atoms with E-state index >= 15 is 0 Å². The summed E-state index contributed by atoms with van der Waals surface area (Å²) in [5.74, 6) is -0.298. The zero-order valence-corrected chi connectivity index (χ0v) is 8.54. The Morgan fingerprint density at radius 1 is 1.83 bits per heavy atom. The molecular formula is C7H10N2OS2. The van der Waals surface area contributed by atoms with E-state index in [9.17, 15) is 4.79 Å². The van der Waals surface area contributed by atoms with Crippen LogP contribution in [0.1, 0.15) is 12.6 Å². The summed E-state index contributed by atoms with van der Waals surface area (Å²) in [6.07, 6.45) is 0. The van der Waals surface area contributed by atoms with Crippen LogP contribution in [-0.2, 0) is 4.79 Å². The third-order valence-electron chi connectivity index (χ3n) is 1.28. The molecule has 0 bridgehead atoms. The van der Waals surface area contributed by atoms with Crippen molar-refractivity contribution in [3.8, 4) is 0 Å². The zero-order chi connectivity index (χ0) is 9.14. The minimum atomic E-state index is -0.298. The van der Waals surface area contributed by atoms with Gasteiger partial charge in [-0.15, -0.1) is 11.3 Å². The summed E-state index contributed by atoms with van der Waals surface area (Å²) in [6, 6.07) is 0. The van der Waals surface area contributed by atoms with Gasteiger partial charge in [-0.2, -0.15) is 0 Å². The first kappa shape index (κ1) is 9.54. The third-order valence-corrected chi connectivity index (χ3v) is 3.48. The molecule has 0 saturated heterocycles. The van der Waals surface area contributed by atoms with Crippen LogP contribution in [0.15, 0.2) is 9.72 Å². The molecule has 1 aromatic rings. The van der Waals surface area contributed by atoms with Crippen molar-refractivity contribution >= 4 is 29.0 Å².